The largest absolute Gasteiger partial charge is 0.439 e. The predicted octanol–water partition coefficient (Wildman–Crippen LogP) is 6.69. The van der Waals surface area contributed by atoms with Crippen molar-refractivity contribution in [3.63, 3.8) is 0 Å². The maximum absolute atomic E-state index is 13.3. The Bertz CT molecular complexity index is 1410. The number of thiophene rings is 1. The van der Waals surface area contributed by atoms with E-state index in [1.807, 2.05) is 0 Å². The van der Waals surface area contributed by atoms with Gasteiger partial charge in [0.1, 0.15) is 0 Å². The quantitative estimate of drug-likeness (QED) is 0.281. The van der Waals surface area contributed by atoms with Crippen LogP contribution in [0.5, 0.6) is 0 Å². The maximum Gasteiger partial charge on any atom is 0.416 e. The molecular weight excluding hydrogens is 511 g/mol. The highest BCUT2D eigenvalue weighted by atomic mass is 35.5. The first kappa shape index (κ1) is 24.1. The van der Waals surface area contributed by atoms with Gasteiger partial charge in [-0.3, -0.25) is 4.79 Å². The highest BCUT2D eigenvalue weighted by Gasteiger charge is 2.32. The average Bonchev–Trinajstić information content (AvgIpc) is 3.49. The summed E-state index contributed by atoms with van der Waals surface area (Å²) in [4.78, 5) is 15.0. The number of carbonyl (C=O) groups excluding carboxylic acids is 1. The summed E-state index contributed by atoms with van der Waals surface area (Å²) in [5.74, 6) is -1.12. The number of carbonyl (C=O) groups is 1. The molecule has 4 aromatic rings. The molecule has 2 aromatic carbocycles. The Balaban J connectivity index is 1.70. The molecule has 4 rings (SSSR count). The Hall–Kier alpha value is -3.08. The van der Waals surface area contributed by atoms with Crippen molar-refractivity contribution in [1.82, 2.24) is 0 Å². The Morgan fingerprint density at radius 3 is 2.38 bits per heavy atom. The Labute approximate surface area is 201 Å². The summed E-state index contributed by atoms with van der Waals surface area (Å²) in [6, 6.07) is 15.5. The van der Waals surface area contributed by atoms with Crippen LogP contribution in [0.1, 0.15) is 21.0 Å². The number of halogens is 4. The van der Waals surface area contributed by atoms with Gasteiger partial charge in [-0.2, -0.15) is 13.2 Å². The number of hydrogen-bond donors (Lipinski definition) is 0. The van der Waals surface area contributed by atoms with Gasteiger partial charge >= 0.3 is 6.18 Å². The molecule has 0 bridgehead atoms. The van der Waals surface area contributed by atoms with Crippen molar-refractivity contribution >= 4 is 44.4 Å². The van der Waals surface area contributed by atoms with E-state index in [1.165, 1.54) is 53.8 Å². The van der Waals surface area contributed by atoms with Gasteiger partial charge in [0, 0.05) is 15.6 Å². The Kier molecular flexibility index (Phi) is 6.57. The number of nitrogens with zero attached hydrogens (tertiary/aromatic N) is 1. The molecule has 0 fully saturated rings. The van der Waals surface area contributed by atoms with Gasteiger partial charge in [0.25, 0.3) is 5.91 Å². The molecule has 2 heterocycles. The van der Waals surface area contributed by atoms with E-state index in [4.69, 9.17) is 16.0 Å². The van der Waals surface area contributed by atoms with Gasteiger partial charge in [-0.15, -0.1) is 11.3 Å². The summed E-state index contributed by atoms with van der Waals surface area (Å²) in [5.41, 5.74) is -0.925. The van der Waals surface area contributed by atoms with E-state index in [0.717, 1.165) is 23.1 Å². The molecule has 2 aromatic heterocycles. The molecule has 34 heavy (non-hydrogen) atoms. The number of alkyl halides is 3. The smallest absolute Gasteiger partial charge is 0.416 e. The average molecular weight is 526 g/mol. The molecule has 0 saturated heterocycles. The Morgan fingerprint density at radius 1 is 1.00 bits per heavy atom. The summed E-state index contributed by atoms with van der Waals surface area (Å²) in [7, 11) is -4.08. The molecular formula is C23H15ClF3NO4S2. The number of furan rings is 1. The van der Waals surface area contributed by atoms with Crippen molar-refractivity contribution in [2.75, 3.05) is 4.90 Å². The van der Waals surface area contributed by atoms with E-state index in [-0.39, 0.29) is 22.9 Å². The molecule has 0 saturated carbocycles. The molecule has 176 valence electrons. The number of amides is 1. The number of rotatable bonds is 6. The molecule has 5 nitrogen and oxygen atoms in total. The molecule has 0 radical (unpaired) electrons. The minimum absolute atomic E-state index is 0.00765. The highest BCUT2D eigenvalue weighted by Crippen LogP contribution is 2.33. The number of benzene rings is 2. The van der Waals surface area contributed by atoms with Gasteiger partial charge in [-0.1, -0.05) is 23.7 Å². The second-order valence-corrected chi connectivity index (χ2v) is 10.4. The molecule has 1 amide bonds. The third-order valence-electron chi connectivity index (χ3n) is 4.81. The fraction of sp³-hybridized carbons (Fsp3) is 0.0870. The van der Waals surface area contributed by atoms with Gasteiger partial charge < -0.3 is 9.32 Å². The summed E-state index contributed by atoms with van der Waals surface area (Å²) < 4.78 is 70.9. The van der Waals surface area contributed by atoms with E-state index in [1.54, 1.807) is 17.5 Å². The van der Waals surface area contributed by atoms with Crippen molar-refractivity contribution in [3.05, 3.63) is 99.4 Å². The molecule has 0 aliphatic heterocycles. The van der Waals surface area contributed by atoms with Crippen molar-refractivity contribution in [3.8, 4) is 0 Å². The third kappa shape index (κ3) is 5.03. The van der Waals surface area contributed by atoms with E-state index in [9.17, 15) is 26.4 Å². The van der Waals surface area contributed by atoms with Crippen LogP contribution in [0.3, 0.4) is 0 Å². The molecule has 0 N–H and O–H groups in total. The van der Waals surface area contributed by atoms with Crippen molar-refractivity contribution < 1.29 is 30.8 Å². The fourth-order valence-corrected chi connectivity index (χ4v) is 5.12. The molecule has 0 atom stereocenters. The van der Waals surface area contributed by atoms with Gasteiger partial charge in [-0.25, -0.2) is 8.42 Å². The first-order valence-corrected chi connectivity index (χ1v) is 12.4. The normalized spacial score (nSPS) is 12.0. The van der Waals surface area contributed by atoms with Crippen LogP contribution in [0, 0.1) is 0 Å². The number of sulfone groups is 1. The number of anilines is 1. The lowest BCUT2D eigenvalue weighted by molar-refractivity contribution is -0.137. The third-order valence-corrected chi connectivity index (χ3v) is 7.56. The SMILES string of the molecule is O=C(c1ccc(S(=O)(=O)c2ccc(Cl)cc2)o1)N(Cc1cccs1)c1cccc(C(F)(F)F)c1. The lowest BCUT2D eigenvalue weighted by atomic mass is 10.1. The van der Waals surface area contributed by atoms with Crippen LogP contribution in [0.4, 0.5) is 18.9 Å². The summed E-state index contributed by atoms with van der Waals surface area (Å²) in [5, 5.41) is 1.64. The van der Waals surface area contributed by atoms with E-state index >= 15 is 0 Å². The first-order valence-electron chi connectivity index (χ1n) is 9.68. The molecule has 0 aliphatic carbocycles. The molecule has 0 unspecified atom stereocenters. The maximum atomic E-state index is 13.3. The zero-order valence-electron chi connectivity index (χ0n) is 17.1. The lowest BCUT2D eigenvalue weighted by Gasteiger charge is -2.22. The zero-order chi connectivity index (χ0) is 24.5. The second-order valence-electron chi connectivity index (χ2n) is 7.09. The standard InChI is InChI=1S/C23H15ClF3NO4S2/c24-16-6-8-19(9-7-16)34(30,31)21-11-10-20(32-21)22(29)28(14-18-5-2-12-33-18)17-4-1-3-15(13-17)23(25,26)27/h1-13H,14H2. The van der Waals surface area contributed by atoms with Crippen LogP contribution >= 0.6 is 22.9 Å². The van der Waals surface area contributed by atoms with Crippen LogP contribution in [-0.2, 0) is 22.6 Å². The minimum atomic E-state index is -4.60. The van der Waals surface area contributed by atoms with Crippen LogP contribution in [0.2, 0.25) is 5.02 Å². The molecule has 11 heteroatoms. The Morgan fingerprint density at radius 2 is 1.74 bits per heavy atom. The van der Waals surface area contributed by atoms with Crippen LogP contribution < -0.4 is 4.90 Å². The van der Waals surface area contributed by atoms with Crippen molar-refractivity contribution in [2.45, 2.75) is 22.7 Å². The fourth-order valence-electron chi connectivity index (χ4n) is 3.13. The number of hydrogen-bond acceptors (Lipinski definition) is 5. The van der Waals surface area contributed by atoms with Crippen LogP contribution in [0.15, 0.2) is 92.6 Å². The monoisotopic (exact) mass is 525 g/mol. The molecule has 0 aliphatic rings. The topological polar surface area (TPSA) is 67.6 Å². The molecule has 0 spiro atoms. The van der Waals surface area contributed by atoms with Crippen molar-refractivity contribution in [2.24, 2.45) is 0 Å². The zero-order valence-corrected chi connectivity index (χ0v) is 19.5. The van der Waals surface area contributed by atoms with Crippen LogP contribution in [-0.4, -0.2) is 14.3 Å². The summed E-state index contributed by atoms with van der Waals surface area (Å²) in [6.45, 7) is -0.0300. The van der Waals surface area contributed by atoms with Gasteiger partial charge in [0.15, 0.2) is 5.76 Å². The summed E-state index contributed by atoms with van der Waals surface area (Å²) >= 11 is 7.13. The lowest BCUT2D eigenvalue weighted by Crippen LogP contribution is -2.30. The highest BCUT2D eigenvalue weighted by molar-refractivity contribution is 7.91. The van der Waals surface area contributed by atoms with Crippen LogP contribution in [0.25, 0.3) is 0 Å². The van der Waals surface area contributed by atoms with Crippen molar-refractivity contribution in [1.29, 1.82) is 0 Å². The second kappa shape index (κ2) is 9.28. The van der Waals surface area contributed by atoms with E-state index < -0.39 is 32.6 Å². The minimum Gasteiger partial charge on any atom is -0.439 e. The predicted molar refractivity (Wildman–Crippen MR) is 122 cm³/mol. The first-order chi connectivity index (χ1) is 16.1. The van der Waals surface area contributed by atoms with Gasteiger partial charge in [0.05, 0.1) is 17.0 Å². The van der Waals surface area contributed by atoms with Gasteiger partial charge in [-0.05, 0) is 66.0 Å². The summed E-state index contributed by atoms with van der Waals surface area (Å²) in [6.07, 6.45) is -4.60. The van der Waals surface area contributed by atoms with E-state index in [0.29, 0.717) is 9.90 Å². The van der Waals surface area contributed by atoms with Gasteiger partial charge in [0.2, 0.25) is 14.9 Å². The van der Waals surface area contributed by atoms with E-state index in [2.05, 4.69) is 0 Å².